The van der Waals surface area contributed by atoms with E-state index in [-0.39, 0.29) is 46.4 Å². The molecule has 104 valence electrons. The number of carbonyl (C=O) groups excluding carboxylic acids is 1. The van der Waals surface area contributed by atoms with Gasteiger partial charge in [-0.2, -0.15) is 0 Å². The first-order valence-electron chi connectivity index (χ1n) is 5.59. The van der Waals surface area contributed by atoms with Crippen LogP contribution in [0.4, 0.5) is 0 Å². The fourth-order valence-corrected chi connectivity index (χ4v) is 2.74. The molecule has 1 aliphatic rings. The van der Waals surface area contributed by atoms with Gasteiger partial charge >= 0.3 is 0 Å². The molecule has 0 atom stereocenters. The lowest BCUT2D eigenvalue weighted by molar-refractivity contribution is 0.0955. The summed E-state index contributed by atoms with van der Waals surface area (Å²) in [6.45, 7) is 4.22. The molecule has 0 fully saturated rings. The fraction of sp³-hybridized carbons (Fsp3) is 0.308. The summed E-state index contributed by atoms with van der Waals surface area (Å²) in [6.07, 6.45) is 0. The molecule has 0 spiro atoms. The van der Waals surface area contributed by atoms with Gasteiger partial charge in [0.2, 0.25) is 0 Å². The van der Waals surface area contributed by atoms with Crippen LogP contribution in [0, 0.1) is 0 Å². The van der Waals surface area contributed by atoms with Gasteiger partial charge in [-0.25, -0.2) is 0 Å². The molecule has 0 amide bonds. The normalized spacial score (nSPS) is 14.5. The third kappa shape index (κ3) is 3.45. The van der Waals surface area contributed by atoms with Crippen molar-refractivity contribution in [3.05, 3.63) is 34.4 Å². The predicted molar refractivity (Wildman–Crippen MR) is 82.0 cm³/mol. The Hall–Kier alpha value is -1.14. The van der Waals surface area contributed by atoms with Crippen LogP contribution in [0.3, 0.4) is 0 Å². The molecule has 1 aromatic rings. The van der Waals surface area contributed by atoms with Gasteiger partial charge in [0.15, 0.2) is 5.78 Å². The van der Waals surface area contributed by atoms with E-state index in [0.29, 0.717) is 0 Å². The first kappa shape index (κ1) is 15.9. The number of hydrogen-bond donors (Lipinski definition) is 2. The maximum absolute atomic E-state index is 12.1. The van der Waals surface area contributed by atoms with Gasteiger partial charge in [0, 0.05) is 10.6 Å². The highest BCUT2D eigenvalue weighted by molar-refractivity contribution is 8.93. The van der Waals surface area contributed by atoms with Crippen LogP contribution in [-0.4, -0.2) is 33.3 Å². The third-order valence-electron chi connectivity index (χ3n) is 3.04. The molecule has 1 aliphatic heterocycles. The van der Waals surface area contributed by atoms with E-state index in [1.807, 2.05) is 18.7 Å². The number of carbonyl (C=O) groups is 1. The summed E-state index contributed by atoms with van der Waals surface area (Å²) >= 11 is 1.70. The average Bonchev–Trinajstić information content (AvgIpc) is 2.64. The van der Waals surface area contributed by atoms with Gasteiger partial charge in [-0.1, -0.05) is 0 Å². The van der Waals surface area contributed by atoms with E-state index in [1.165, 1.54) is 23.1 Å². The monoisotopic (exact) mass is 345 g/mol. The molecule has 4 nitrogen and oxygen atoms in total. The summed E-state index contributed by atoms with van der Waals surface area (Å²) in [5.74, 6) is 0.444. The Morgan fingerprint density at radius 1 is 1.37 bits per heavy atom. The van der Waals surface area contributed by atoms with Crippen LogP contribution in [0.2, 0.25) is 0 Å². The molecule has 1 aromatic carbocycles. The van der Waals surface area contributed by atoms with Gasteiger partial charge in [-0.3, -0.25) is 4.79 Å². The summed E-state index contributed by atoms with van der Waals surface area (Å²) in [7, 11) is 0. The summed E-state index contributed by atoms with van der Waals surface area (Å²) in [5, 5.41) is 19.0. The van der Waals surface area contributed by atoms with Crippen molar-refractivity contribution in [1.82, 2.24) is 4.90 Å². The van der Waals surface area contributed by atoms with Crippen molar-refractivity contribution in [3.8, 4) is 11.5 Å². The smallest absolute Gasteiger partial charge is 0.185 e. The zero-order chi connectivity index (χ0) is 13.3. The van der Waals surface area contributed by atoms with Crippen LogP contribution < -0.4 is 0 Å². The van der Waals surface area contributed by atoms with Crippen molar-refractivity contribution in [2.75, 3.05) is 12.4 Å². The summed E-state index contributed by atoms with van der Waals surface area (Å²) in [5.41, 5.74) is 1.25. The van der Waals surface area contributed by atoms with Gasteiger partial charge in [0.25, 0.3) is 0 Å². The van der Waals surface area contributed by atoms with Gasteiger partial charge in [0.05, 0.1) is 18.0 Å². The molecule has 0 bridgehead atoms. The fourth-order valence-electron chi connectivity index (χ4n) is 1.77. The van der Waals surface area contributed by atoms with E-state index in [9.17, 15) is 15.0 Å². The molecular weight excluding hydrogens is 330 g/mol. The highest BCUT2D eigenvalue weighted by atomic mass is 79.9. The second-order valence-corrected chi connectivity index (χ2v) is 5.40. The van der Waals surface area contributed by atoms with Gasteiger partial charge in [-0.05, 0) is 32.0 Å². The zero-order valence-electron chi connectivity index (χ0n) is 10.7. The highest BCUT2D eigenvalue weighted by Crippen LogP contribution is 2.31. The third-order valence-corrected chi connectivity index (χ3v) is 4.20. The van der Waals surface area contributed by atoms with Gasteiger partial charge in [0.1, 0.15) is 11.5 Å². The Morgan fingerprint density at radius 3 is 2.63 bits per heavy atom. The molecule has 0 aliphatic carbocycles. The molecule has 19 heavy (non-hydrogen) atoms. The van der Waals surface area contributed by atoms with E-state index >= 15 is 0 Å². The molecule has 2 rings (SSSR count). The number of benzene rings is 1. The van der Waals surface area contributed by atoms with Crippen LogP contribution in [0.1, 0.15) is 24.2 Å². The lowest BCUT2D eigenvalue weighted by Crippen LogP contribution is -2.25. The number of nitrogens with zero attached hydrogens (tertiary/aromatic N) is 1. The van der Waals surface area contributed by atoms with Crippen LogP contribution in [0.15, 0.2) is 28.8 Å². The minimum absolute atomic E-state index is 0. The van der Waals surface area contributed by atoms with Crippen molar-refractivity contribution >= 4 is 34.5 Å². The first-order valence-corrected chi connectivity index (χ1v) is 6.58. The molecule has 2 N–H and O–H groups in total. The van der Waals surface area contributed by atoms with E-state index in [2.05, 4.69) is 0 Å². The zero-order valence-corrected chi connectivity index (χ0v) is 13.2. The van der Waals surface area contributed by atoms with Gasteiger partial charge in [-0.15, -0.1) is 28.7 Å². The number of phenolic OH excluding ortho intramolecular Hbond substituents is 2. The second-order valence-electron chi connectivity index (χ2n) is 4.24. The molecule has 0 aromatic heterocycles. The molecule has 0 radical (unpaired) electrons. The Balaban J connectivity index is 0.00000180. The average molecular weight is 346 g/mol. The quantitative estimate of drug-likeness (QED) is 0.651. The van der Waals surface area contributed by atoms with E-state index in [0.717, 1.165) is 11.6 Å². The predicted octanol–water partition coefficient (Wildman–Crippen LogP) is 3.12. The molecular formula is C13H16BrNO3S. The number of Topliss-reactive ketones (excluding diaryl/α,β-unsaturated/α-hetero) is 1. The van der Waals surface area contributed by atoms with Crippen molar-refractivity contribution in [3.63, 3.8) is 0 Å². The van der Waals surface area contributed by atoms with Crippen LogP contribution in [-0.2, 0) is 0 Å². The molecule has 0 unspecified atom stereocenters. The summed E-state index contributed by atoms with van der Waals surface area (Å²) in [6, 6.07) is 3.98. The maximum Gasteiger partial charge on any atom is 0.185 e. The Labute approximate surface area is 126 Å². The van der Waals surface area contributed by atoms with E-state index < -0.39 is 0 Å². The first-order chi connectivity index (χ1) is 8.49. The molecule has 0 saturated heterocycles. The number of thioether (sulfide) groups is 1. The number of rotatable bonds is 3. The SMILES string of the molecule is Br.CC1=C(C)N(CC(=O)c2cc(O)ccc2O)CS1. The number of halogens is 1. The minimum atomic E-state index is -0.196. The van der Waals surface area contributed by atoms with Gasteiger partial charge < -0.3 is 15.1 Å². The molecule has 6 heteroatoms. The number of allylic oxidation sites excluding steroid dienone is 2. The minimum Gasteiger partial charge on any atom is -0.508 e. The highest BCUT2D eigenvalue weighted by Gasteiger charge is 2.21. The lowest BCUT2D eigenvalue weighted by atomic mass is 10.1. The van der Waals surface area contributed by atoms with E-state index in [4.69, 9.17) is 0 Å². The largest absolute Gasteiger partial charge is 0.508 e. The number of ketones is 1. The standard InChI is InChI=1S/C13H15NO3S.BrH/c1-8-9(2)18-7-14(8)6-13(17)11-5-10(15)3-4-12(11)16;/h3-5,15-16H,6-7H2,1-2H3;1H. The summed E-state index contributed by atoms with van der Waals surface area (Å²) < 4.78 is 0. The Bertz CT molecular complexity index is 531. The van der Waals surface area contributed by atoms with Crippen LogP contribution in [0.5, 0.6) is 11.5 Å². The Kier molecular flexibility index (Phi) is 5.31. The number of hydrogen-bond acceptors (Lipinski definition) is 5. The molecule has 1 heterocycles. The Morgan fingerprint density at radius 2 is 2.05 bits per heavy atom. The molecule has 0 saturated carbocycles. The van der Waals surface area contributed by atoms with Crippen molar-refractivity contribution in [1.29, 1.82) is 0 Å². The topological polar surface area (TPSA) is 60.8 Å². The van der Waals surface area contributed by atoms with Crippen LogP contribution in [0.25, 0.3) is 0 Å². The number of aromatic hydroxyl groups is 2. The summed E-state index contributed by atoms with van der Waals surface area (Å²) in [4.78, 5) is 15.3. The maximum atomic E-state index is 12.1. The van der Waals surface area contributed by atoms with Crippen molar-refractivity contribution in [2.24, 2.45) is 0 Å². The number of phenols is 2. The lowest BCUT2D eigenvalue weighted by Gasteiger charge is -2.18. The second kappa shape index (κ2) is 6.34. The van der Waals surface area contributed by atoms with Crippen LogP contribution >= 0.6 is 28.7 Å². The van der Waals surface area contributed by atoms with E-state index in [1.54, 1.807) is 11.8 Å². The van der Waals surface area contributed by atoms with Crippen molar-refractivity contribution in [2.45, 2.75) is 13.8 Å². The van der Waals surface area contributed by atoms with Crippen molar-refractivity contribution < 1.29 is 15.0 Å².